The van der Waals surface area contributed by atoms with E-state index in [1.165, 1.54) is 11.8 Å². The highest BCUT2D eigenvalue weighted by molar-refractivity contribution is 8.13. The van der Waals surface area contributed by atoms with Crippen LogP contribution in [-0.2, 0) is 13.5 Å². The number of hydrogen-bond acceptors (Lipinski definition) is 3. The molecule has 0 aliphatic carbocycles. The van der Waals surface area contributed by atoms with Crippen molar-refractivity contribution in [3.8, 4) is 0 Å². The normalized spacial score (nSPS) is 9.93. The van der Waals surface area contributed by atoms with Gasteiger partial charge < -0.3 is 11.5 Å². The van der Waals surface area contributed by atoms with Crippen molar-refractivity contribution in [2.75, 3.05) is 5.75 Å². The quantitative estimate of drug-likeness (QED) is 0.494. The number of nitrogens with two attached hydrogens (primary N) is 2. The first-order valence-electron chi connectivity index (χ1n) is 4.37. The van der Waals surface area contributed by atoms with Crippen molar-refractivity contribution in [3.63, 3.8) is 0 Å². The number of guanidine groups is 1. The number of amidine groups is 1. The lowest BCUT2D eigenvalue weighted by molar-refractivity contribution is 0.720. The van der Waals surface area contributed by atoms with E-state index in [1.807, 2.05) is 17.8 Å². The fourth-order valence-electron chi connectivity index (χ4n) is 1.05. The van der Waals surface area contributed by atoms with Crippen molar-refractivity contribution in [2.45, 2.75) is 6.42 Å². The summed E-state index contributed by atoms with van der Waals surface area (Å²) in [7, 11) is 1.89. The van der Waals surface area contributed by atoms with Crippen molar-refractivity contribution in [2.24, 2.45) is 23.5 Å². The molecule has 1 heterocycles. The van der Waals surface area contributed by atoms with Gasteiger partial charge in [0.15, 0.2) is 11.1 Å². The maximum atomic E-state index is 7.39. The van der Waals surface area contributed by atoms with Crippen LogP contribution in [0.4, 0.5) is 0 Å². The third kappa shape index (κ3) is 4.03. The molecule has 0 aliphatic rings. The van der Waals surface area contributed by atoms with E-state index in [9.17, 15) is 0 Å². The molecule has 0 amide bonds. The Morgan fingerprint density at radius 1 is 1.67 bits per heavy atom. The second-order valence-corrected chi connectivity index (χ2v) is 3.97. The van der Waals surface area contributed by atoms with Gasteiger partial charge in [0.1, 0.15) is 0 Å². The minimum Gasteiger partial charge on any atom is -0.370 e. The Balaban J connectivity index is 2.31. The summed E-state index contributed by atoms with van der Waals surface area (Å²) in [6.07, 6.45) is 2.59. The highest BCUT2D eigenvalue weighted by Crippen LogP contribution is 2.07. The van der Waals surface area contributed by atoms with Crippen LogP contribution in [0, 0.1) is 5.41 Å². The average Bonchev–Trinajstić information content (AvgIpc) is 2.50. The fourth-order valence-corrected chi connectivity index (χ4v) is 1.72. The topological polar surface area (TPSA) is 106 Å². The van der Waals surface area contributed by atoms with Gasteiger partial charge in [-0.2, -0.15) is 10.1 Å². The molecule has 15 heavy (non-hydrogen) atoms. The Kier molecular flexibility index (Phi) is 4.17. The molecule has 1 rings (SSSR count). The molecule has 0 saturated heterocycles. The molecule has 1 aromatic heterocycles. The van der Waals surface area contributed by atoms with Crippen LogP contribution < -0.4 is 11.5 Å². The summed E-state index contributed by atoms with van der Waals surface area (Å²) in [6.45, 7) is 0. The monoisotopic (exact) mass is 226 g/mol. The number of hydrogen-bond donors (Lipinski definition) is 3. The molecule has 0 aliphatic heterocycles. The zero-order valence-corrected chi connectivity index (χ0v) is 9.29. The number of nitrogens with zero attached hydrogens (tertiary/aromatic N) is 3. The van der Waals surface area contributed by atoms with Crippen molar-refractivity contribution >= 4 is 22.9 Å². The van der Waals surface area contributed by atoms with Gasteiger partial charge in [0.05, 0.1) is 0 Å². The predicted octanol–water partition coefficient (Wildman–Crippen LogP) is -0.0960. The van der Waals surface area contributed by atoms with Gasteiger partial charge in [0.2, 0.25) is 0 Å². The van der Waals surface area contributed by atoms with Crippen LogP contribution in [0.15, 0.2) is 17.3 Å². The van der Waals surface area contributed by atoms with E-state index in [2.05, 4.69) is 10.1 Å². The molecular formula is C8H14N6S. The number of aromatic nitrogens is 2. The summed E-state index contributed by atoms with van der Waals surface area (Å²) in [5, 5.41) is 11.6. The van der Waals surface area contributed by atoms with E-state index >= 15 is 0 Å². The average molecular weight is 226 g/mol. The summed E-state index contributed by atoms with van der Waals surface area (Å²) >= 11 is 1.31. The Morgan fingerprint density at radius 2 is 2.40 bits per heavy atom. The number of thioether (sulfide) groups is 1. The predicted molar refractivity (Wildman–Crippen MR) is 62.9 cm³/mol. The highest BCUT2D eigenvalue weighted by atomic mass is 32.2. The minimum absolute atomic E-state index is 0.0759. The third-order valence-corrected chi connectivity index (χ3v) is 2.52. The van der Waals surface area contributed by atoms with Gasteiger partial charge in [-0.3, -0.25) is 10.1 Å². The molecule has 0 saturated carbocycles. The zero-order chi connectivity index (χ0) is 11.3. The zero-order valence-electron chi connectivity index (χ0n) is 8.47. The van der Waals surface area contributed by atoms with Crippen LogP contribution in [-0.4, -0.2) is 26.7 Å². The standard InChI is InChI=1S/C8H14N6S/c1-14-6(2-4-12-14)3-5-15-8(11)13-7(9)10/h2,4H,3,5H2,1H3,(H5,9,10,11,13). The van der Waals surface area contributed by atoms with Gasteiger partial charge in [0, 0.05) is 24.7 Å². The Labute approximate surface area is 92.2 Å². The van der Waals surface area contributed by atoms with Gasteiger partial charge in [-0.1, -0.05) is 11.8 Å². The minimum atomic E-state index is -0.0759. The molecule has 0 aromatic carbocycles. The maximum absolute atomic E-state index is 7.39. The number of aliphatic imine (C=N–C) groups is 1. The lowest BCUT2D eigenvalue weighted by Gasteiger charge is -2.01. The van der Waals surface area contributed by atoms with E-state index < -0.39 is 0 Å². The van der Waals surface area contributed by atoms with Gasteiger partial charge in [-0.05, 0) is 12.5 Å². The summed E-state index contributed by atoms with van der Waals surface area (Å²) in [6, 6.07) is 1.95. The number of aryl methyl sites for hydroxylation is 2. The Hall–Kier alpha value is -1.50. The summed E-state index contributed by atoms with van der Waals surface area (Å²) in [4.78, 5) is 3.61. The van der Waals surface area contributed by atoms with Crippen LogP contribution in [0.25, 0.3) is 0 Å². The highest BCUT2D eigenvalue weighted by Gasteiger charge is 2.00. The summed E-state index contributed by atoms with van der Waals surface area (Å²) in [5.41, 5.74) is 11.4. The number of rotatable bonds is 3. The van der Waals surface area contributed by atoms with Crippen LogP contribution in [0.3, 0.4) is 0 Å². The van der Waals surface area contributed by atoms with Crippen LogP contribution in [0.1, 0.15) is 5.69 Å². The molecule has 0 radical (unpaired) electrons. The van der Waals surface area contributed by atoms with E-state index in [0.717, 1.165) is 17.9 Å². The lowest BCUT2D eigenvalue weighted by Crippen LogP contribution is -2.23. The molecule has 82 valence electrons. The molecule has 5 N–H and O–H groups in total. The fraction of sp³-hybridized carbons (Fsp3) is 0.375. The van der Waals surface area contributed by atoms with E-state index in [-0.39, 0.29) is 11.1 Å². The van der Waals surface area contributed by atoms with Gasteiger partial charge >= 0.3 is 0 Å². The molecule has 1 aromatic rings. The maximum Gasteiger partial charge on any atom is 0.193 e. The molecule has 7 heteroatoms. The van der Waals surface area contributed by atoms with Crippen molar-refractivity contribution < 1.29 is 0 Å². The Bertz CT molecular complexity index is 365. The smallest absolute Gasteiger partial charge is 0.193 e. The molecule has 0 atom stereocenters. The van der Waals surface area contributed by atoms with Gasteiger partial charge in [0.25, 0.3) is 0 Å². The first-order valence-corrected chi connectivity index (χ1v) is 5.36. The van der Waals surface area contributed by atoms with Crippen molar-refractivity contribution in [1.82, 2.24) is 9.78 Å². The molecule has 0 spiro atoms. The second kappa shape index (κ2) is 5.40. The van der Waals surface area contributed by atoms with Gasteiger partial charge in [-0.15, -0.1) is 0 Å². The lowest BCUT2D eigenvalue weighted by atomic mass is 10.3. The van der Waals surface area contributed by atoms with E-state index in [4.69, 9.17) is 16.9 Å². The SMILES string of the molecule is Cn1nccc1CCSC(=N)N=C(N)N. The third-order valence-electron chi connectivity index (χ3n) is 1.75. The van der Waals surface area contributed by atoms with Crippen LogP contribution >= 0.6 is 11.8 Å². The first kappa shape index (κ1) is 11.6. The molecule has 0 bridgehead atoms. The second-order valence-electron chi connectivity index (χ2n) is 2.89. The molecule has 6 nitrogen and oxygen atoms in total. The van der Waals surface area contributed by atoms with E-state index in [1.54, 1.807) is 6.20 Å². The van der Waals surface area contributed by atoms with E-state index in [0.29, 0.717) is 0 Å². The molecular weight excluding hydrogens is 212 g/mol. The van der Waals surface area contributed by atoms with Crippen molar-refractivity contribution in [3.05, 3.63) is 18.0 Å². The first-order chi connectivity index (χ1) is 7.09. The summed E-state index contributed by atoms with van der Waals surface area (Å²) < 4.78 is 1.81. The Morgan fingerprint density at radius 3 is 2.93 bits per heavy atom. The molecule has 0 unspecified atom stereocenters. The van der Waals surface area contributed by atoms with Crippen LogP contribution in [0.5, 0.6) is 0 Å². The molecule has 0 fully saturated rings. The van der Waals surface area contributed by atoms with Crippen LogP contribution in [0.2, 0.25) is 0 Å². The number of nitrogens with one attached hydrogen (secondary N) is 1. The van der Waals surface area contributed by atoms with Crippen molar-refractivity contribution in [1.29, 1.82) is 5.41 Å². The summed E-state index contributed by atoms with van der Waals surface area (Å²) in [5.74, 6) is 0.683. The largest absolute Gasteiger partial charge is 0.370 e. The van der Waals surface area contributed by atoms with Gasteiger partial charge in [-0.25, -0.2) is 0 Å².